The lowest BCUT2D eigenvalue weighted by atomic mass is 10.0. The van der Waals surface area contributed by atoms with Crippen molar-refractivity contribution in [2.45, 2.75) is 12.5 Å². The maximum absolute atomic E-state index is 5.61. The maximum atomic E-state index is 5.61. The molecular formula is C16H16N2O. The maximum Gasteiger partial charge on any atom is 0.134 e. The molecule has 3 aromatic rings. The zero-order valence-electron chi connectivity index (χ0n) is 10.8. The van der Waals surface area contributed by atoms with Gasteiger partial charge in [0.05, 0.1) is 6.26 Å². The second kappa shape index (κ2) is 5.24. The van der Waals surface area contributed by atoms with Gasteiger partial charge in [-0.05, 0) is 25.2 Å². The molecule has 0 saturated heterocycles. The van der Waals surface area contributed by atoms with Crippen LogP contribution in [-0.2, 0) is 6.42 Å². The van der Waals surface area contributed by atoms with Crippen molar-refractivity contribution in [2.24, 2.45) is 0 Å². The van der Waals surface area contributed by atoms with Crippen molar-refractivity contribution in [3.05, 3.63) is 66.2 Å². The van der Waals surface area contributed by atoms with Crippen LogP contribution in [0.15, 0.2) is 59.3 Å². The third-order valence-electron chi connectivity index (χ3n) is 3.37. The minimum Gasteiger partial charge on any atom is -0.464 e. The minimum atomic E-state index is 0.207. The second-order valence-corrected chi connectivity index (χ2v) is 4.55. The fourth-order valence-corrected chi connectivity index (χ4v) is 2.36. The van der Waals surface area contributed by atoms with Gasteiger partial charge in [0, 0.05) is 35.3 Å². The Hall–Kier alpha value is -2.13. The molecule has 0 fully saturated rings. The van der Waals surface area contributed by atoms with Crippen molar-refractivity contribution in [3.8, 4) is 0 Å². The predicted octanol–water partition coefficient (Wildman–Crippen LogP) is 3.33. The van der Waals surface area contributed by atoms with Crippen molar-refractivity contribution in [1.82, 2.24) is 10.3 Å². The van der Waals surface area contributed by atoms with E-state index in [4.69, 9.17) is 4.42 Å². The summed E-state index contributed by atoms with van der Waals surface area (Å²) in [6, 6.07) is 14.3. The largest absolute Gasteiger partial charge is 0.464 e. The molecule has 3 rings (SSSR count). The molecule has 0 bridgehead atoms. The summed E-state index contributed by atoms with van der Waals surface area (Å²) < 4.78 is 5.61. The molecule has 19 heavy (non-hydrogen) atoms. The van der Waals surface area contributed by atoms with Crippen LogP contribution >= 0.6 is 0 Å². The number of benzene rings is 1. The normalized spacial score (nSPS) is 12.7. The third kappa shape index (κ3) is 2.37. The molecule has 1 unspecified atom stereocenters. The van der Waals surface area contributed by atoms with Crippen molar-refractivity contribution < 1.29 is 4.42 Å². The van der Waals surface area contributed by atoms with E-state index in [1.807, 2.05) is 55.9 Å². The number of likely N-dealkylation sites (N-methyl/N-ethyl adjacent to an activating group) is 1. The van der Waals surface area contributed by atoms with Gasteiger partial charge in [0.1, 0.15) is 5.58 Å². The second-order valence-electron chi connectivity index (χ2n) is 4.55. The fraction of sp³-hybridized carbons (Fsp3) is 0.188. The van der Waals surface area contributed by atoms with Crippen molar-refractivity contribution in [3.63, 3.8) is 0 Å². The van der Waals surface area contributed by atoms with Crippen LogP contribution in [0.1, 0.15) is 17.3 Å². The lowest BCUT2D eigenvalue weighted by Crippen LogP contribution is -2.18. The van der Waals surface area contributed by atoms with Gasteiger partial charge in [-0.1, -0.05) is 24.3 Å². The lowest BCUT2D eigenvalue weighted by Gasteiger charge is -2.14. The van der Waals surface area contributed by atoms with Crippen LogP contribution < -0.4 is 5.32 Å². The molecule has 3 heteroatoms. The number of rotatable bonds is 4. The number of hydrogen-bond acceptors (Lipinski definition) is 3. The van der Waals surface area contributed by atoms with Crippen LogP contribution in [0.5, 0.6) is 0 Å². The Bertz CT molecular complexity index is 661. The number of hydrogen-bond donors (Lipinski definition) is 1. The summed E-state index contributed by atoms with van der Waals surface area (Å²) in [6.07, 6.45) is 4.52. The topological polar surface area (TPSA) is 38.1 Å². The molecule has 0 spiro atoms. The number of pyridine rings is 1. The molecule has 0 saturated carbocycles. The number of nitrogens with zero attached hydrogens (tertiary/aromatic N) is 1. The van der Waals surface area contributed by atoms with Crippen molar-refractivity contribution >= 4 is 11.0 Å². The van der Waals surface area contributed by atoms with E-state index in [0.717, 1.165) is 23.1 Å². The van der Waals surface area contributed by atoms with E-state index in [-0.39, 0.29) is 6.04 Å². The van der Waals surface area contributed by atoms with E-state index in [0.29, 0.717) is 0 Å². The molecule has 1 aromatic carbocycles. The zero-order valence-corrected chi connectivity index (χ0v) is 10.8. The average Bonchev–Trinajstić information content (AvgIpc) is 2.90. The summed E-state index contributed by atoms with van der Waals surface area (Å²) in [5.41, 5.74) is 3.19. The monoisotopic (exact) mass is 252 g/mol. The Labute approximate surface area is 112 Å². The molecule has 2 heterocycles. The average molecular weight is 252 g/mol. The molecule has 1 atom stereocenters. The molecule has 0 radical (unpaired) electrons. The predicted molar refractivity (Wildman–Crippen MR) is 76.0 cm³/mol. The first-order valence-corrected chi connectivity index (χ1v) is 6.42. The summed E-state index contributed by atoms with van der Waals surface area (Å²) in [5, 5.41) is 4.51. The Kier molecular flexibility index (Phi) is 3.29. The first kappa shape index (κ1) is 11.9. The highest BCUT2D eigenvalue weighted by atomic mass is 16.3. The van der Waals surface area contributed by atoms with Crippen LogP contribution in [0.4, 0.5) is 0 Å². The molecule has 96 valence electrons. The standard InChI is InChI=1S/C16H16N2O/c1-17-15(10-12-6-4-5-9-18-12)14-11-19-16-8-3-2-7-13(14)16/h2-9,11,15,17H,10H2,1H3. The fourth-order valence-electron chi connectivity index (χ4n) is 2.36. The minimum absolute atomic E-state index is 0.207. The Morgan fingerprint density at radius 2 is 2.00 bits per heavy atom. The first-order valence-electron chi connectivity index (χ1n) is 6.42. The zero-order chi connectivity index (χ0) is 13.1. The highest BCUT2D eigenvalue weighted by Gasteiger charge is 2.16. The molecule has 0 aliphatic rings. The van der Waals surface area contributed by atoms with E-state index >= 15 is 0 Å². The lowest BCUT2D eigenvalue weighted by molar-refractivity contribution is 0.559. The highest BCUT2D eigenvalue weighted by molar-refractivity contribution is 5.81. The Morgan fingerprint density at radius 1 is 1.16 bits per heavy atom. The van der Waals surface area contributed by atoms with E-state index < -0.39 is 0 Å². The van der Waals surface area contributed by atoms with E-state index in [9.17, 15) is 0 Å². The number of para-hydroxylation sites is 1. The Morgan fingerprint density at radius 3 is 2.79 bits per heavy atom. The highest BCUT2D eigenvalue weighted by Crippen LogP contribution is 2.27. The third-order valence-corrected chi connectivity index (χ3v) is 3.37. The summed E-state index contributed by atoms with van der Waals surface area (Å²) in [4.78, 5) is 4.39. The van der Waals surface area contributed by atoms with Gasteiger partial charge in [-0.25, -0.2) is 0 Å². The molecule has 3 nitrogen and oxygen atoms in total. The van der Waals surface area contributed by atoms with Crippen LogP contribution in [0.25, 0.3) is 11.0 Å². The van der Waals surface area contributed by atoms with Gasteiger partial charge in [0.25, 0.3) is 0 Å². The molecule has 0 aliphatic carbocycles. The van der Waals surface area contributed by atoms with Crippen LogP contribution in [0, 0.1) is 0 Å². The number of aromatic nitrogens is 1. The Balaban J connectivity index is 1.94. The van der Waals surface area contributed by atoms with Gasteiger partial charge >= 0.3 is 0 Å². The van der Waals surface area contributed by atoms with E-state index in [2.05, 4.69) is 16.4 Å². The first-order chi connectivity index (χ1) is 9.38. The molecule has 2 aromatic heterocycles. The van der Waals surface area contributed by atoms with Gasteiger partial charge in [-0.2, -0.15) is 0 Å². The number of furan rings is 1. The summed E-state index contributed by atoms with van der Waals surface area (Å²) in [6.45, 7) is 0. The van der Waals surface area contributed by atoms with Gasteiger partial charge in [-0.3, -0.25) is 4.98 Å². The van der Waals surface area contributed by atoms with Crippen molar-refractivity contribution in [1.29, 1.82) is 0 Å². The summed E-state index contributed by atoms with van der Waals surface area (Å²) in [7, 11) is 1.97. The van der Waals surface area contributed by atoms with E-state index in [1.54, 1.807) is 0 Å². The van der Waals surface area contributed by atoms with Gasteiger partial charge < -0.3 is 9.73 Å². The summed E-state index contributed by atoms with van der Waals surface area (Å²) in [5.74, 6) is 0. The van der Waals surface area contributed by atoms with Gasteiger partial charge in [0.2, 0.25) is 0 Å². The van der Waals surface area contributed by atoms with Crippen LogP contribution in [0.3, 0.4) is 0 Å². The smallest absolute Gasteiger partial charge is 0.134 e. The van der Waals surface area contributed by atoms with Gasteiger partial charge in [0.15, 0.2) is 0 Å². The molecular weight excluding hydrogens is 236 g/mol. The quantitative estimate of drug-likeness (QED) is 0.774. The van der Waals surface area contributed by atoms with Gasteiger partial charge in [-0.15, -0.1) is 0 Å². The van der Waals surface area contributed by atoms with Crippen LogP contribution in [0.2, 0.25) is 0 Å². The SMILES string of the molecule is CNC(Cc1ccccn1)c1coc2ccccc12. The molecule has 0 aliphatic heterocycles. The molecule has 0 amide bonds. The number of nitrogens with one attached hydrogen (secondary N) is 1. The molecule has 1 N–H and O–H groups in total. The van der Waals surface area contributed by atoms with Crippen LogP contribution in [-0.4, -0.2) is 12.0 Å². The summed E-state index contributed by atoms with van der Waals surface area (Å²) >= 11 is 0. The number of fused-ring (bicyclic) bond motifs is 1. The van der Waals surface area contributed by atoms with E-state index in [1.165, 1.54) is 5.56 Å². The van der Waals surface area contributed by atoms with Crippen molar-refractivity contribution in [2.75, 3.05) is 7.05 Å².